The Morgan fingerprint density at radius 1 is 1.07 bits per heavy atom. The molecule has 8 heteroatoms. The highest BCUT2D eigenvalue weighted by Gasteiger charge is 2.33. The normalized spacial score (nSPS) is 21.9. The summed E-state index contributed by atoms with van der Waals surface area (Å²) in [7, 11) is 0. The maximum atomic E-state index is 12.8. The number of hydrogen-bond donors (Lipinski definition) is 0. The van der Waals surface area contributed by atoms with Crippen LogP contribution in [-0.2, 0) is 4.79 Å². The van der Waals surface area contributed by atoms with Crippen molar-refractivity contribution in [2.45, 2.75) is 45.0 Å². The quantitative estimate of drug-likeness (QED) is 0.734. The molecule has 0 saturated carbocycles. The fourth-order valence-corrected chi connectivity index (χ4v) is 4.03. The number of alkyl halides is 3. The van der Waals surface area contributed by atoms with E-state index in [2.05, 4.69) is 9.64 Å². The van der Waals surface area contributed by atoms with Crippen LogP contribution < -0.4 is 9.64 Å². The largest absolute Gasteiger partial charge is 0.573 e. The maximum Gasteiger partial charge on any atom is 0.573 e. The van der Waals surface area contributed by atoms with Gasteiger partial charge >= 0.3 is 6.36 Å². The van der Waals surface area contributed by atoms with E-state index in [1.807, 2.05) is 9.80 Å². The fraction of sp³-hybridized carbons (Fsp3) is 0.650. The molecule has 1 amide bonds. The fourth-order valence-electron chi connectivity index (χ4n) is 4.03. The van der Waals surface area contributed by atoms with Gasteiger partial charge in [0.2, 0.25) is 5.91 Å². The van der Waals surface area contributed by atoms with Crippen LogP contribution in [0.4, 0.5) is 18.9 Å². The molecule has 0 unspecified atom stereocenters. The molecule has 5 nitrogen and oxygen atoms in total. The van der Waals surface area contributed by atoms with Crippen LogP contribution in [0, 0.1) is 0 Å². The average molecular weight is 399 g/mol. The highest BCUT2D eigenvalue weighted by atomic mass is 19.4. The van der Waals surface area contributed by atoms with Crippen LogP contribution in [0.5, 0.6) is 5.75 Å². The van der Waals surface area contributed by atoms with E-state index < -0.39 is 12.4 Å². The number of nitrogens with zero attached hydrogens (tertiary/aromatic N) is 3. The van der Waals surface area contributed by atoms with E-state index >= 15 is 0 Å². The van der Waals surface area contributed by atoms with Crippen molar-refractivity contribution in [1.29, 1.82) is 0 Å². The van der Waals surface area contributed by atoms with Gasteiger partial charge in [0.15, 0.2) is 0 Å². The van der Waals surface area contributed by atoms with Gasteiger partial charge in [-0.05, 0) is 58.0 Å². The zero-order chi connectivity index (χ0) is 20.1. The lowest BCUT2D eigenvalue weighted by atomic mass is 10.1. The summed E-state index contributed by atoms with van der Waals surface area (Å²) in [5, 5.41) is 0. The lowest BCUT2D eigenvalue weighted by Gasteiger charge is -2.41. The van der Waals surface area contributed by atoms with Gasteiger partial charge < -0.3 is 19.4 Å². The first-order valence-electron chi connectivity index (χ1n) is 9.97. The first-order chi connectivity index (χ1) is 13.3. The van der Waals surface area contributed by atoms with Crippen molar-refractivity contribution in [2.24, 2.45) is 0 Å². The molecule has 3 rings (SSSR count). The molecule has 28 heavy (non-hydrogen) atoms. The summed E-state index contributed by atoms with van der Waals surface area (Å²) in [6.45, 7) is 7.00. The number of ether oxygens (including phenoxy) is 1. The number of piperazine rings is 1. The zero-order valence-corrected chi connectivity index (χ0v) is 16.2. The zero-order valence-electron chi connectivity index (χ0n) is 16.2. The minimum absolute atomic E-state index is 0.0204. The van der Waals surface area contributed by atoms with Gasteiger partial charge in [-0.15, -0.1) is 13.2 Å². The van der Waals surface area contributed by atoms with E-state index in [9.17, 15) is 18.0 Å². The van der Waals surface area contributed by atoms with Gasteiger partial charge in [-0.2, -0.15) is 0 Å². The van der Waals surface area contributed by atoms with Crippen LogP contribution in [0.2, 0.25) is 0 Å². The van der Waals surface area contributed by atoms with Gasteiger partial charge in [-0.25, -0.2) is 0 Å². The summed E-state index contributed by atoms with van der Waals surface area (Å²) < 4.78 is 41.4. The molecule has 0 radical (unpaired) electrons. The van der Waals surface area contributed by atoms with Gasteiger partial charge in [0.05, 0.1) is 0 Å². The molecule has 2 fully saturated rings. The van der Waals surface area contributed by atoms with Gasteiger partial charge in [0.1, 0.15) is 11.8 Å². The lowest BCUT2D eigenvalue weighted by molar-refractivity contribution is -0.274. The monoisotopic (exact) mass is 399 g/mol. The Labute approximate surface area is 164 Å². The highest BCUT2D eigenvalue weighted by molar-refractivity contribution is 5.86. The Kier molecular flexibility index (Phi) is 6.69. The summed E-state index contributed by atoms with van der Waals surface area (Å²) in [6.07, 6.45) is 0.0433. The average Bonchev–Trinajstić information content (AvgIpc) is 2.65. The van der Waals surface area contributed by atoms with Crippen LogP contribution in [0.1, 0.15) is 32.6 Å². The van der Waals surface area contributed by atoms with Crippen LogP contribution in [0.25, 0.3) is 0 Å². The van der Waals surface area contributed by atoms with Crippen molar-refractivity contribution in [3.63, 3.8) is 0 Å². The van der Waals surface area contributed by atoms with E-state index in [1.165, 1.54) is 37.5 Å². The number of carbonyl (C=O) groups excluding carboxylic acids is 1. The second-order valence-corrected chi connectivity index (χ2v) is 7.50. The molecular weight excluding hydrogens is 371 g/mol. The predicted octanol–water partition coefficient (Wildman–Crippen LogP) is 3.50. The Morgan fingerprint density at radius 3 is 2.54 bits per heavy atom. The SMILES string of the molecule is C[C@@H]1C(=O)N(CCCN2CCCCC2)CCN1c1cccc(OC(F)(F)F)c1. The van der Waals surface area contributed by atoms with Crippen LogP contribution in [0.15, 0.2) is 24.3 Å². The molecule has 2 heterocycles. The van der Waals surface area contributed by atoms with Crippen molar-refractivity contribution >= 4 is 11.6 Å². The third-order valence-electron chi connectivity index (χ3n) is 5.48. The minimum atomic E-state index is -4.73. The van der Waals surface area contributed by atoms with Crippen molar-refractivity contribution in [1.82, 2.24) is 9.80 Å². The lowest BCUT2D eigenvalue weighted by Crippen LogP contribution is -2.56. The molecule has 2 aliphatic rings. The minimum Gasteiger partial charge on any atom is -0.406 e. The number of benzene rings is 1. The van der Waals surface area contributed by atoms with Gasteiger partial charge in [-0.3, -0.25) is 4.79 Å². The number of piperidine rings is 1. The second kappa shape index (κ2) is 9.03. The summed E-state index contributed by atoms with van der Waals surface area (Å²) in [5.41, 5.74) is 0.565. The second-order valence-electron chi connectivity index (χ2n) is 7.50. The summed E-state index contributed by atoms with van der Waals surface area (Å²) >= 11 is 0. The Hall–Kier alpha value is -1.96. The molecule has 1 aromatic rings. The molecule has 0 N–H and O–H groups in total. The van der Waals surface area contributed by atoms with E-state index in [-0.39, 0.29) is 11.7 Å². The Morgan fingerprint density at radius 2 is 1.82 bits per heavy atom. The predicted molar refractivity (Wildman–Crippen MR) is 101 cm³/mol. The van der Waals surface area contributed by atoms with Gasteiger partial charge in [0.25, 0.3) is 0 Å². The summed E-state index contributed by atoms with van der Waals surface area (Å²) in [5.74, 6) is -0.249. The van der Waals surface area contributed by atoms with E-state index in [0.717, 1.165) is 32.6 Å². The van der Waals surface area contributed by atoms with Crippen LogP contribution >= 0.6 is 0 Å². The standard InChI is InChI=1S/C20H28F3N3O2/c1-16-19(27)25(12-6-11-24-9-3-2-4-10-24)13-14-26(16)17-7-5-8-18(15-17)28-20(21,22)23/h5,7-8,15-16H,2-4,6,9-14H2,1H3/t16-/m1/s1. The Balaban J connectivity index is 1.54. The molecule has 2 aliphatic heterocycles. The van der Waals surface area contributed by atoms with Crippen LogP contribution in [0.3, 0.4) is 0 Å². The first kappa shape index (κ1) is 20.8. The van der Waals surface area contributed by atoms with Gasteiger partial charge in [-0.1, -0.05) is 12.5 Å². The van der Waals surface area contributed by atoms with E-state index in [1.54, 1.807) is 13.0 Å². The molecule has 2 saturated heterocycles. The molecule has 0 aromatic heterocycles. The Bertz CT molecular complexity index is 662. The van der Waals surface area contributed by atoms with E-state index in [4.69, 9.17) is 0 Å². The van der Waals surface area contributed by atoms with Crippen molar-refractivity contribution in [3.05, 3.63) is 24.3 Å². The number of halogens is 3. The first-order valence-corrected chi connectivity index (χ1v) is 9.97. The molecular formula is C20H28F3N3O2. The third-order valence-corrected chi connectivity index (χ3v) is 5.48. The third kappa shape index (κ3) is 5.53. The number of amides is 1. The van der Waals surface area contributed by atoms with Gasteiger partial charge in [0, 0.05) is 31.4 Å². The maximum absolute atomic E-state index is 12.8. The van der Waals surface area contributed by atoms with Crippen LogP contribution in [-0.4, -0.2) is 67.4 Å². The summed E-state index contributed by atoms with van der Waals surface area (Å²) in [6, 6.07) is 5.41. The smallest absolute Gasteiger partial charge is 0.406 e. The highest BCUT2D eigenvalue weighted by Crippen LogP contribution is 2.29. The van der Waals surface area contributed by atoms with Crippen molar-refractivity contribution in [2.75, 3.05) is 44.2 Å². The van der Waals surface area contributed by atoms with Crippen molar-refractivity contribution < 1.29 is 22.7 Å². The van der Waals surface area contributed by atoms with E-state index in [0.29, 0.717) is 18.8 Å². The molecule has 1 aromatic carbocycles. The number of likely N-dealkylation sites (tertiary alicyclic amines) is 1. The number of carbonyl (C=O) groups is 1. The molecule has 156 valence electrons. The number of hydrogen-bond acceptors (Lipinski definition) is 4. The number of rotatable bonds is 6. The molecule has 1 atom stereocenters. The summed E-state index contributed by atoms with van der Waals surface area (Å²) in [4.78, 5) is 18.9. The molecule has 0 aliphatic carbocycles. The number of anilines is 1. The topological polar surface area (TPSA) is 36.0 Å². The molecule has 0 spiro atoms. The van der Waals surface area contributed by atoms with Crippen molar-refractivity contribution in [3.8, 4) is 5.75 Å². The molecule has 0 bridgehead atoms.